The van der Waals surface area contributed by atoms with Gasteiger partial charge in [0.2, 0.25) is 0 Å². The van der Waals surface area contributed by atoms with Crippen molar-refractivity contribution < 1.29 is 28.6 Å². The van der Waals surface area contributed by atoms with Gasteiger partial charge in [-0.3, -0.25) is 14.4 Å². The number of unbranched alkanes of at least 4 members (excludes halogenated alkanes) is 59. The molecule has 0 N–H and O–H groups in total. The van der Waals surface area contributed by atoms with Crippen LogP contribution in [0.15, 0.2) is 12.2 Å². The number of carbonyl (C=O) groups excluding carboxylic acids is 3. The van der Waals surface area contributed by atoms with Crippen LogP contribution in [0, 0.1) is 0 Å². The zero-order valence-electron chi connectivity index (χ0n) is 56.8. The standard InChI is InChI=1S/C77H148O6/c1-4-7-10-13-16-19-21-23-25-27-29-31-33-35-36-37-38-39-40-42-43-45-47-49-51-53-55-58-61-64-67-70-76(79)82-73-74(72-81-75(78)69-66-63-60-57-18-15-12-9-6-3)83-77(80)71-68-65-62-59-56-54-52-50-48-46-44-41-34-32-30-28-26-24-22-20-17-14-11-8-5-2/h28,30,74H,4-27,29,31-73H2,1-3H3/b30-28-. The Balaban J connectivity index is 4.02. The molecule has 0 spiro atoms. The Morgan fingerprint density at radius 2 is 0.398 bits per heavy atom. The van der Waals surface area contributed by atoms with Crippen molar-refractivity contribution in [2.75, 3.05) is 13.2 Å². The lowest BCUT2D eigenvalue weighted by molar-refractivity contribution is -0.167. The van der Waals surface area contributed by atoms with Crippen LogP contribution in [0.4, 0.5) is 0 Å². The summed E-state index contributed by atoms with van der Waals surface area (Å²) in [4.78, 5) is 38.3. The average molecular weight is 1170 g/mol. The summed E-state index contributed by atoms with van der Waals surface area (Å²) < 4.78 is 17.0. The number of hydrogen-bond acceptors (Lipinski definition) is 6. The van der Waals surface area contributed by atoms with Crippen LogP contribution < -0.4 is 0 Å². The molecule has 0 heterocycles. The molecule has 0 aromatic rings. The van der Waals surface area contributed by atoms with Crippen molar-refractivity contribution in [3.05, 3.63) is 12.2 Å². The highest BCUT2D eigenvalue weighted by atomic mass is 16.6. The summed E-state index contributed by atoms with van der Waals surface area (Å²) in [5.41, 5.74) is 0. The molecule has 1 atom stereocenters. The monoisotopic (exact) mass is 1170 g/mol. The van der Waals surface area contributed by atoms with E-state index in [1.807, 2.05) is 0 Å². The zero-order chi connectivity index (χ0) is 59.9. The lowest BCUT2D eigenvalue weighted by Crippen LogP contribution is -2.30. The fourth-order valence-corrected chi connectivity index (χ4v) is 12.0. The fourth-order valence-electron chi connectivity index (χ4n) is 12.0. The highest BCUT2D eigenvalue weighted by molar-refractivity contribution is 5.71. The number of hydrogen-bond donors (Lipinski definition) is 0. The third kappa shape index (κ3) is 70.8. The van der Waals surface area contributed by atoms with E-state index in [4.69, 9.17) is 14.2 Å². The Bertz CT molecular complexity index is 1300. The molecule has 0 rings (SSSR count). The van der Waals surface area contributed by atoms with E-state index in [0.29, 0.717) is 19.3 Å². The fraction of sp³-hybridized carbons (Fsp3) is 0.935. The number of allylic oxidation sites excluding steroid dienone is 2. The molecular formula is C77H148O6. The normalized spacial score (nSPS) is 12.0. The Kier molecular flexibility index (Phi) is 71.0. The Morgan fingerprint density at radius 3 is 0.602 bits per heavy atom. The molecule has 0 aromatic carbocycles. The minimum absolute atomic E-state index is 0.0629. The Labute approximate surface area is 520 Å². The average Bonchev–Trinajstić information content (AvgIpc) is 3.49. The van der Waals surface area contributed by atoms with Gasteiger partial charge >= 0.3 is 17.9 Å². The molecule has 492 valence electrons. The van der Waals surface area contributed by atoms with Gasteiger partial charge < -0.3 is 14.2 Å². The number of rotatable bonds is 72. The molecular weight excluding hydrogens is 1020 g/mol. The first-order valence-electron chi connectivity index (χ1n) is 38.2. The lowest BCUT2D eigenvalue weighted by atomic mass is 10.0. The first-order valence-corrected chi connectivity index (χ1v) is 38.2. The van der Waals surface area contributed by atoms with E-state index in [0.717, 1.165) is 57.8 Å². The molecule has 0 amide bonds. The Hall–Kier alpha value is -1.85. The summed E-state index contributed by atoms with van der Waals surface area (Å²) in [7, 11) is 0. The molecule has 6 heteroatoms. The van der Waals surface area contributed by atoms with Crippen molar-refractivity contribution >= 4 is 17.9 Å². The predicted molar refractivity (Wildman–Crippen MR) is 363 cm³/mol. The smallest absolute Gasteiger partial charge is 0.306 e. The summed E-state index contributed by atoms with van der Waals surface area (Å²) in [6.07, 6.45) is 88.6. The van der Waals surface area contributed by atoms with Crippen LogP contribution in [0.25, 0.3) is 0 Å². The number of carbonyl (C=O) groups is 3. The molecule has 0 aliphatic rings. The van der Waals surface area contributed by atoms with Crippen LogP contribution in [0.3, 0.4) is 0 Å². The highest BCUT2D eigenvalue weighted by Gasteiger charge is 2.20. The molecule has 1 unspecified atom stereocenters. The van der Waals surface area contributed by atoms with Crippen molar-refractivity contribution in [2.45, 2.75) is 451 Å². The van der Waals surface area contributed by atoms with Gasteiger partial charge in [0.05, 0.1) is 0 Å². The van der Waals surface area contributed by atoms with E-state index in [1.165, 1.54) is 347 Å². The number of esters is 3. The summed E-state index contributed by atoms with van der Waals surface area (Å²) >= 11 is 0. The van der Waals surface area contributed by atoms with Gasteiger partial charge in [0.25, 0.3) is 0 Å². The molecule has 0 aliphatic carbocycles. The predicted octanol–water partition coefficient (Wildman–Crippen LogP) is 26.3. The zero-order valence-corrected chi connectivity index (χ0v) is 56.8. The van der Waals surface area contributed by atoms with Gasteiger partial charge in [0.15, 0.2) is 6.10 Å². The van der Waals surface area contributed by atoms with Crippen LogP contribution >= 0.6 is 0 Å². The van der Waals surface area contributed by atoms with Gasteiger partial charge in [0.1, 0.15) is 13.2 Å². The molecule has 0 radical (unpaired) electrons. The van der Waals surface area contributed by atoms with Crippen molar-refractivity contribution in [2.24, 2.45) is 0 Å². The topological polar surface area (TPSA) is 78.9 Å². The molecule has 0 fully saturated rings. The first kappa shape index (κ1) is 81.2. The van der Waals surface area contributed by atoms with Crippen molar-refractivity contribution in [1.29, 1.82) is 0 Å². The van der Waals surface area contributed by atoms with Crippen LogP contribution in [0.5, 0.6) is 0 Å². The maximum Gasteiger partial charge on any atom is 0.306 e. The van der Waals surface area contributed by atoms with Crippen LogP contribution in [0.1, 0.15) is 445 Å². The second-order valence-corrected chi connectivity index (χ2v) is 26.3. The van der Waals surface area contributed by atoms with Gasteiger partial charge in [-0.2, -0.15) is 0 Å². The van der Waals surface area contributed by atoms with Gasteiger partial charge in [-0.05, 0) is 44.9 Å². The first-order chi connectivity index (χ1) is 41.0. The van der Waals surface area contributed by atoms with Gasteiger partial charge in [-0.25, -0.2) is 0 Å². The summed E-state index contributed by atoms with van der Waals surface area (Å²) in [5.74, 6) is -0.831. The summed E-state index contributed by atoms with van der Waals surface area (Å²) in [6.45, 7) is 6.71. The third-order valence-corrected chi connectivity index (χ3v) is 17.8. The second kappa shape index (κ2) is 72.6. The van der Waals surface area contributed by atoms with E-state index in [2.05, 4.69) is 32.9 Å². The molecule has 6 nitrogen and oxygen atoms in total. The van der Waals surface area contributed by atoms with E-state index < -0.39 is 6.10 Å². The minimum atomic E-state index is -0.766. The van der Waals surface area contributed by atoms with Crippen molar-refractivity contribution in [1.82, 2.24) is 0 Å². The second-order valence-electron chi connectivity index (χ2n) is 26.3. The molecule has 0 saturated heterocycles. The van der Waals surface area contributed by atoms with E-state index in [9.17, 15) is 14.4 Å². The van der Waals surface area contributed by atoms with Crippen LogP contribution in [-0.2, 0) is 28.6 Å². The summed E-state index contributed by atoms with van der Waals surface area (Å²) in [6, 6.07) is 0. The minimum Gasteiger partial charge on any atom is -0.462 e. The third-order valence-electron chi connectivity index (χ3n) is 17.8. The van der Waals surface area contributed by atoms with Crippen LogP contribution in [0.2, 0.25) is 0 Å². The van der Waals surface area contributed by atoms with Gasteiger partial charge in [-0.15, -0.1) is 0 Å². The van der Waals surface area contributed by atoms with E-state index in [1.54, 1.807) is 0 Å². The quantitative estimate of drug-likeness (QED) is 0.0261. The largest absolute Gasteiger partial charge is 0.462 e. The van der Waals surface area contributed by atoms with Gasteiger partial charge in [-0.1, -0.05) is 392 Å². The Morgan fingerprint density at radius 1 is 0.229 bits per heavy atom. The SMILES string of the molecule is CCCCCCCCCC/C=C\CCCCCCCCCCCCCCCC(=O)OC(COC(=O)CCCCCCCCCCC)COC(=O)CCCCCCCCCCCCCCCCCCCCCCCCCCCCCCCCC. The molecule has 0 aromatic heterocycles. The van der Waals surface area contributed by atoms with Crippen molar-refractivity contribution in [3.8, 4) is 0 Å². The van der Waals surface area contributed by atoms with E-state index in [-0.39, 0.29) is 31.1 Å². The van der Waals surface area contributed by atoms with Crippen LogP contribution in [-0.4, -0.2) is 37.2 Å². The highest BCUT2D eigenvalue weighted by Crippen LogP contribution is 2.20. The maximum absolute atomic E-state index is 12.9. The molecule has 0 saturated carbocycles. The molecule has 0 aliphatic heterocycles. The van der Waals surface area contributed by atoms with E-state index >= 15 is 0 Å². The molecule has 0 bridgehead atoms. The number of ether oxygens (including phenoxy) is 3. The van der Waals surface area contributed by atoms with Crippen molar-refractivity contribution in [3.63, 3.8) is 0 Å². The molecule has 83 heavy (non-hydrogen) atoms. The van der Waals surface area contributed by atoms with Gasteiger partial charge in [0, 0.05) is 19.3 Å². The lowest BCUT2D eigenvalue weighted by Gasteiger charge is -2.18. The maximum atomic E-state index is 12.9. The summed E-state index contributed by atoms with van der Waals surface area (Å²) in [5, 5.41) is 0.